The van der Waals surface area contributed by atoms with E-state index in [-0.39, 0.29) is 6.04 Å². The maximum atomic E-state index is 5.71. The van der Waals surface area contributed by atoms with Crippen LogP contribution in [0, 0.1) is 0 Å². The largest absolute Gasteiger partial charge is 0.392 e. The lowest BCUT2D eigenvalue weighted by Crippen LogP contribution is -2.47. The van der Waals surface area contributed by atoms with Crippen molar-refractivity contribution in [1.82, 2.24) is 4.90 Å². The van der Waals surface area contributed by atoms with Gasteiger partial charge in [-0.3, -0.25) is 4.90 Å². The average Bonchev–Trinajstić information content (AvgIpc) is 2.12. The van der Waals surface area contributed by atoms with Gasteiger partial charge in [-0.2, -0.15) is 0 Å². The lowest BCUT2D eigenvalue weighted by Gasteiger charge is -2.34. The van der Waals surface area contributed by atoms with Crippen LogP contribution >= 0.6 is 12.2 Å². The van der Waals surface area contributed by atoms with E-state index in [2.05, 4.69) is 32.6 Å². The first-order valence-electron chi connectivity index (χ1n) is 5.13. The summed E-state index contributed by atoms with van der Waals surface area (Å²) in [5.41, 5.74) is 5.71. The van der Waals surface area contributed by atoms with Crippen molar-refractivity contribution in [1.29, 1.82) is 0 Å². The van der Waals surface area contributed by atoms with Gasteiger partial charge in [-0.25, -0.2) is 0 Å². The molecule has 2 nitrogen and oxygen atoms in total. The average molecular weight is 202 g/mol. The molecular formula is C10H22N2S. The molecule has 0 spiro atoms. The van der Waals surface area contributed by atoms with Crippen molar-refractivity contribution in [2.45, 2.75) is 52.6 Å². The lowest BCUT2D eigenvalue weighted by atomic mass is 10.1. The molecule has 78 valence electrons. The van der Waals surface area contributed by atoms with E-state index in [1.165, 1.54) is 0 Å². The molecule has 0 aromatic heterocycles. The molecule has 0 radical (unpaired) electrons. The third-order valence-corrected chi connectivity index (χ3v) is 2.91. The Kier molecular flexibility index (Phi) is 6.25. The van der Waals surface area contributed by atoms with Gasteiger partial charge < -0.3 is 5.73 Å². The SMILES string of the molecule is CCC(C)N(CC)C(CC)C(N)=S. The summed E-state index contributed by atoms with van der Waals surface area (Å²) in [4.78, 5) is 3.01. The fourth-order valence-electron chi connectivity index (χ4n) is 1.67. The van der Waals surface area contributed by atoms with Gasteiger partial charge in [-0.05, 0) is 26.3 Å². The predicted octanol–water partition coefficient (Wildman–Crippen LogP) is 2.17. The molecule has 2 N–H and O–H groups in total. The molecule has 2 atom stereocenters. The zero-order valence-corrected chi connectivity index (χ0v) is 10.0. The summed E-state index contributed by atoms with van der Waals surface area (Å²) < 4.78 is 0. The van der Waals surface area contributed by atoms with Crippen LogP contribution in [0.3, 0.4) is 0 Å². The summed E-state index contributed by atoms with van der Waals surface area (Å²) in [5.74, 6) is 0. The number of thiocarbonyl (C=S) groups is 1. The molecule has 0 aliphatic carbocycles. The van der Waals surface area contributed by atoms with Gasteiger partial charge in [-0.1, -0.05) is 33.0 Å². The van der Waals surface area contributed by atoms with Crippen LogP contribution in [0.25, 0.3) is 0 Å². The molecule has 0 amide bonds. The maximum Gasteiger partial charge on any atom is 0.0902 e. The van der Waals surface area contributed by atoms with E-state index in [0.29, 0.717) is 11.0 Å². The van der Waals surface area contributed by atoms with Crippen LogP contribution in [0.1, 0.15) is 40.5 Å². The Morgan fingerprint density at radius 2 is 1.85 bits per heavy atom. The minimum Gasteiger partial charge on any atom is -0.392 e. The number of nitrogens with two attached hydrogens (primary N) is 1. The van der Waals surface area contributed by atoms with Crippen LogP contribution in [-0.2, 0) is 0 Å². The van der Waals surface area contributed by atoms with Crippen molar-refractivity contribution < 1.29 is 0 Å². The van der Waals surface area contributed by atoms with Crippen LogP contribution < -0.4 is 5.73 Å². The quantitative estimate of drug-likeness (QED) is 0.669. The van der Waals surface area contributed by atoms with Crippen LogP contribution in [0.2, 0.25) is 0 Å². The number of likely N-dealkylation sites (N-methyl/N-ethyl adjacent to an activating group) is 1. The van der Waals surface area contributed by atoms with Crippen LogP contribution in [-0.4, -0.2) is 28.5 Å². The van der Waals surface area contributed by atoms with Gasteiger partial charge in [0, 0.05) is 6.04 Å². The Hall–Kier alpha value is -0.150. The first-order valence-corrected chi connectivity index (χ1v) is 5.54. The highest BCUT2D eigenvalue weighted by Gasteiger charge is 2.21. The number of hydrogen-bond acceptors (Lipinski definition) is 2. The summed E-state index contributed by atoms with van der Waals surface area (Å²) in [6.45, 7) is 9.73. The van der Waals surface area contributed by atoms with E-state index in [4.69, 9.17) is 18.0 Å². The Morgan fingerprint density at radius 3 is 2.08 bits per heavy atom. The zero-order valence-electron chi connectivity index (χ0n) is 9.21. The van der Waals surface area contributed by atoms with Gasteiger partial charge in [0.2, 0.25) is 0 Å². The fourth-order valence-corrected chi connectivity index (χ4v) is 1.97. The third-order valence-electron chi connectivity index (χ3n) is 2.64. The van der Waals surface area contributed by atoms with Crippen molar-refractivity contribution in [3.05, 3.63) is 0 Å². The molecule has 0 aliphatic heterocycles. The van der Waals surface area contributed by atoms with E-state index >= 15 is 0 Å². The summed E-state index contributed by atoms with van der Waals surface area (Å²) in [5, 5.41) is 0. The third kappa shape index (κ3) is 3.61. The number of hydrogen-bond donors (Lipinski definition) is 1. The van der Waals surface area contributed by atoms with Gasteiger partial charge >= 0.3 is 0 Å². The number of nitrogens with zero attached hydrogens (tertiary/aromatic N) is 1. The molecule has 0 rings (SSSR count). The minimum atomic E-state index is 0.273. The predicted molar refractivity (Wildman–Crippen MR) is 63.0 cm³/mol. The van der Waals surface area contributed by atoms with Gasteiger partial charge in [-0.15, -0.1) is 0 Å². The minimum absolute atomic E-state index is 0.273. The second-order valence-corrected chi connectivity index (χ2v) is 3.89. The Balaban J connectivity index is 4.42. The van der Waals surface area contributed by atoms with Gasteiger partial charge in [0.05, 0.1) is 11.0 Å². The van der Waals surface area contributed by atoms with Crippen molar-refractivity contribution in [3.63, 3.8) is 0 Å². The van der Waals surface area contributed by atoms with E-state index in [0.717, 1.165) is 19.4 Å². The molecule has 0 fully saturated rings. The molecule has 0 heterocycles. The van der Waals surface area contributed by atoms with Gasteiger partial charge in [0.15, 0.2) is 0 Å². The highest BCUT2D eigenvalue weighted by atomic mass is 32.1. The maximum absolute atomic E-state index is 5.71. The van der Waals surface area contributed by atoms with Crippen LogP contribution in [0.4, 0.5) is 0 Å². The van der Waals surface area contributed by atoms with Gasteiger partial charge in [0.1, 0.15) is 0 Å². The lowest BCUT2D eigenvalue weighted by molar-refractivity contribution is 0.183. The smallest absolute Gasteiger partial charge is 0.0902 e. The summed E-state index contributed by atoms with van der Waals surface area (Å²) in [6, 6.07) is 0.839. The zero-order chi connectivity index (χ0) is 10.4. The summed E-state index contributed by atoms with van der Waals surface area (Å²) in [6.07, 6.45) is 2.15. The molecule has 0 aliphatic rings. The van der Waals surface area contributed by atoms with E-state index in [9.17, 15) is 0 Å². The second kappa shape index (κ2) is 6.33. The molecule has 13 heavy (non-hydrogen) atoms. The first kappa shape index (κ1) is 12.8. The van der Waals surface area contributed by atoms with E-state index in [1.54, 1.807) is 0 Å². The molecule has 0 saturated heterocycles. The van der Waals surface area contributed by atoms with Crippen molar-refractivity contribution >= 4 is 17.2 Å². The van der Waals surface area contributed by atoms with Crippen molar-refractivity contribution in [3.8, 4) is 0 Å². The Bertz CT molecular complexity index is 159. The normalized spacial score (nSPS) is 15.8. The van der Waals surface area contributed by atoms with Crippen LogP contribution in [0.5, 0.6) is 0 Å². The van der Waals surface area contributed by atoms with Crippen molar-refractivity contribution in [2.75, 3.05) is 6.54 Å². The topological polar surface area (TPSA) is 29.3 Å². The molecule has 0 aromatic rings. The highest BCUT2D eigenvalue weighted by Crippen LogP contribution is 2.11. The first-order chi connectivity index (χ1) is 6.08. The van der Waals surface area contributed by atoms with Crippen molar-refractivity contribution in [2.24, 2.45) is 5.73 Å². The molecular weight excluding hydrogens is 180 g/mol. The Labute approximate surface area is 87.5 Å². The van der Waals surface area contributed by atoms with Gasteiger partial charge in [0.25, 0.3) is 0 Å². The standard InChI is InChI=1S/C10H22N2S/c1-5-8(4)12(7-3)9(6-2)10(11)13/h8-9H,5-7H2,1-4H3,(H2,11,13). The number of rotatable bonds is 6. The molecule has 0 aromatic carbocycles. The monoisotopic (exact) mass is 202 g/mol. The molecule has 0 bridgehead atoms. The highest BCUT2D eigenvalue weighted by molar-refractivity contribution is 7.80. The molecule has 2 unspecified atom stereocenters. The summed E-state index contributed by atoms with van der Waals surface area (Å²) in [7, 11) is 0. The van der Waals surface area contributed by atoms with E-state index < -0.39 is 0 Å². The van der Waals surface area contributed by atoms with Crippen LogP contribution in [0.15, 0.2) is 0 Å². The van der Waals surface area contributed by atoms with E-state index in [1.807, 2.05) is 0 Å². The summed E-state index contributed by atoms with van der Waals surface area (Å²) >= 11 is 5.06. The molecule has 3 heteroatoms. The fraction of sp³-hybridized carbons (Fsp3) is 0.900. The molecule has 0 saturated carbocycles. The Morgan fingerprint density at radius 1 is 1.31 bits per heavy atom. The second-order valence-electron chi connectivity index (χ2n) is 3.41.